The number of methoxy groups -OCH3 is 2. The van der Waals surface area contributed by atoms with E-state index in [-0.39, 0.29) is 27.5 Å². The van der Waals surface area contributed by atoms with Crippen molar-refractivity contribution < 1.29 is 28.9 Å². The van der Waals surface area contributed by atoms with Crippen LogP contribution in [-0.4, -0.2) is 42.2 Å². The number of alkyl halides is 1. The predicted molar refractivity (Wildman–Crippen MR) is 151 cm³/mol. The Bertz CT molecular complexity index is 1020. The molecule has 1 N–H and O–H groups in total. The highest BCUT2D eigenvalue weighted by molar-refractivity contribution is 9.09. The van der Waals surface area contributed by atoms with Gasteiger partial charge in [0.1, 0.15) is 0 Å². The van der Waals surface area contributed by atoms with Crippen LogP contribution in [0.2, 0.25) is 20.1 Å². The highest BCUT2D eigenvalue weighted by atomic mass is 79.9. The summed E-state index contributed by atoms with van der Waals surface area (Å²) in [5.41, 5.74) is 0.529. The number of hydrogen-bond donors (Lipinski definition) is 1. The molecule has 0 radical (unpaired) electrons. The van der Waals surface area contributed by atoms with Crippen molar-refractivity contribution in [2.75, 3.05) is 14.2 Å². The Labute approximate surface area is 245 Å². The molecule has 0 bridgehead atoms. The first-order valence-corrected chi connectivity index (χ1v) is 14.1. The van der Waals surface area contributed by atoms with Crippen LogP contribution in [0.1, 0.15) is 72.1 Å². The molecule has 2 aromatic carbocycles. The number of hydrogen-bond acceptors (Lipinski definition) is 6. The maximum absolute atomic E-state index is 11.4. The average Bonchev–Trinajstić information content (AvgIpc) is 3.58. The Morgan fingerprint density at radius 1 is 0.757 bits per heavy atom. The third-order valence-electron chi connectivity index (χ3n) is 5.73. The molecule has 0 amide bonds. The molecule has 2 fully saturated rings. The fourth-order valence-corrected chi connectivity index (χ4v) is 5.47. The van der Waals surface area contributed by atoms with E-state index in [1.165, 1.54) is 77.0 Å². The highest BCUT2D eigenvalue weighted by Gasteiger charge is 2.21. The summed E-state index contributed by atoms with van der Waals surface area (Å²) in [6, 6.07) is 5.61. The molecule has 0 unspecified atom stereocenters. The molecule has 204 valence electrons. The molecule has 0 saturated heterocycles. The predicted octanol–water partition coefficient (Wildman–Crippen LogP) is 8.91. The van der Waals surface area contributed by atoms with Gasteiger partial charge in [0.15, 0.2) is 11.5 Å². The molecular weight excluding hydrogens is 630 g/mol. The molecule has 2 saturated carbocycles. The number of halogens is 5. The van der Waals surface area contributed by atoms with Crippen molar-refractivity contribution in [1.82, 2.24) is 0 Å². The van der Waals surface area contributed by atoms with Gasteiger partial charge in [0.2, 0.25) is 0 Å². The van der Waals surface area contributed by atoms with Crippen molar-refractivity contribution in [3.8, 4) is 11.5 Å². The van der Waals surface area contributed by atoms with E-state index in [0.29, 0.717) is 21.4 Å². The van der Waals surface area contributed by atoms with E-state index in [9.17, 15) is 9.59 Å². The van der Waals surface area contributed by atoms with E-state index in [0.717, 1.165) is 17.7 Å². The third-order valence-corrected chi connectivity index (χ3v) is 7.78. The number of phenolic OH excluding ortho intramolecular Hbond substituents is 1. The van der Waals surface area contributed by atoms with Gasteiger partial charge in [-0.25, -0.2) is 9.59 Å². The number of aromatic hydroxyl groups is 1. The molecule has 0 aliphatic heterocycles. The molecule has 6 nitrogen and oxygen atoms in total. The quantitative estimate of drug-likeness (QED) is 0.261. The van der Waals surface area contributed by atoms with Gasteiger partial charge in [0.05, 0.1) is 51.5 Å². The number of rotatable bonds is 4. The topological polar surface area (TPSA) is 82.1 Å². The van der Waals surface area contributed by atoms with Gasteiger partial charge in [-0.1, -0.05) is 75.2 Å². The standard InChI is InChI=1S/C13H14Cl2O3.C8H6Cl2O3.C5H9Br/c1-17-13(16)8-6-10(14)12(11(15)7-8)18-9-4-2-3-5-9;1-13-8(12)4-2-5(9)7(11)6(10)3-4;6-5-3-1-2-4-5/h6-7,9H,2-5H2,1H3;2-3,11H,1H3;5H,1-4H2. The fourth-order valence-electron chi connectivity index (χ4n) is 3.76. The largest absolute Gasteiger partial charge is 0.505 e. The summed E-state index contributed by atoms with van der Waals surface area (Å²) < 4.78 is 14.9. The zero-order valence-corrected chi connectivity index (χ0v) is 25.1. The smallest absolute Gasteiger partial charge is 0.337 e. The lowest BCUT2D eigenvalue weighted by Crippen LogP contribution is -2.12. The minimum absolute atomic E-state index is 0.0212. The number of carbonyl (C=O) groups is 2. The van der Waals surface area contributed by atoms with Crippen molar-refractivity contribution in [2.45, 2.75) is 62.3 Å². The Hall–Kier alpha value is -1.38. The Morgan fingerprint density at radius 2 is 1.14 bits per heavy atom. The second kappa shape index (κ2) is 15.9. The van der Waals surface area contributed by atoms with E-state index < -0.39 is 11.9 Å². The normalized spacial score (nSPS) is 15.2. The third kappa shape index (κ3) is 10.0. The molecular formula is C26H29BrCl4O6. The minimum Gasteiger partial charge on any atom is -0.505 e. The van der Waals surface area contributed by atoms with E-state index in [4.69, 9.17) is 56.2 Å². The molecule has 4 rings (SSSR count). The molecule has 0 atom stereocenters. The summed E-state index contributed by atoms with van der Waals surface area (Å²) in [5, 5.41) is 9.90. The molecule has 2 aliphatic rings. The summed E-state index contributed by atoms with van der Waals surface area (Å²) >= 11 is 26.9. The number of benzene rings is 2. The first-order valence-electron chi connectivity index (χ1n) is 11.7. The van der Waals surface area contributed by atoms with Crippen LogP contribution in [0.5, 0.6) is 11.5 Å². The van der Waals surface area contributed by atoms with Crippen molar-refractivity contribution >= 4 is 74.3 Å². The molecule has 2 aliphatic carbocycles. The van der Waals surface area contributed by atoms with Crippen molar-refractivity contribution in [3.05, 3.63) is 55.5 Å². The average molecular weight is 659 g/mol. The SMILES string of the molecule is BrC1CCCC1.COC(=O)c1cc(Cl)c(O)c(Cl)c1.COC(=O)c1cc(Cl)c(OC2CCCC2)c(Cl)c1. The Morgan fingerprint density at radius 3 is 1.49 bits per heavy atom. The van der Waals surface area contributed by atoms with E-state index in [2.05, 4.69) is 25.4 Å². The van der Waals surface area contributed by atoms with Crippen molar-refractivity contribution in [3.63, 3.8) is 0 Å². The summed E-state index contributed by atoms with van der Waals surface area (Å²) in [6.45, 7) is 0. The summed E-state index contributed by atoms with van der Waals surface area (Å²) in [6.07, 6.45) is 10.2. The van der Waals surface area contributed by atoms with Crippen LogP contribution in [0.15, 0.2) is 24.3 Å². The first-order chi connectivity index (χ1) is 17.6. The molecule has 11 heteroatoms. The summed E-state index contributed by atoms with van der Waals surface area (Å²) in [4.78, 5) is 23.3. The van der Waals surface area contributed by atoms with E-state index in [1.54, 1.807) is 0 Å². The van der Waals surface area contributed by atoms with Gasteiger partial charge in [0.25, 0.3) is 0 Å². The van der Waals surface area contributed by atoms with Crippen LogP contribution >= 0.6 is 62.3 Å². The second-order valence-corrected chi connectivity index (χ2v) is 11.4. The van der Waals surface area contributed by atoms with E-state index in [1.807, 2.05) is 0 Å². The highest BCUT2D eigenvalue weighted by Crippen LogP contribution is 2.37. The minimum atomic E-state index is -0.552. The molecule has 37 heavy (non-hydrogen) atoms. The summed E-state index contributed by atoms with van der Waals surface area (Å²) in [7, 11) is 2.56. The second-order valence-electron chi connectivity index (χ2n) is 8.45. The van der Waals surface area contributed by atoms with Gasteiger partial charge in [-0.2, -0.15) is 0 Å². The van der Waals surface area contributed by atoms with Gasteiger partial charge in [0, 0.05) is 4.83 Å². The maximum Gasteiger partial charge on any atom is 0.337 e. The lowest BCUT2D eigenvalue weighted by molar-refractivity contribution is 0.0591. The zero-order chi connectivity index (χ0) is 27.5. The zero-order valence-electron chi connectivity index (χ0n) is 20.5. The van der Waals surface area contributed by atoms with Gasteiger partial charge >= 0.3 is 11.9 Å². The van der Waals surface area contributed by atoms with Gasteiger partial charge in [-0.05, 0) is 62.8 Å². The fraction of sp³-hybridized carbons (Fsp3) is 0.462. The van der Waals surface area contributed by atoms with Crippen LogP contribution in [0.3, 0.4) is 0 Å². The lowest BCUT2D eigenvalue weighted by atomic mass is 10.2. The molecule has 0 heterocycles. The number of carbonyl (C=O) groups excluding carboxylic acids is 2. The van der Waals surface area contributed by atoms with Crippen LogP contribution in [0, 0.1) is 0 Å². The van der Waals surface area contributed by atoms with Crippen molar-refractivity contribution in [2.24, 2.45) is 0 Å². The molecule has 0 aromatic heterocycles. The maximum atomic E-state index is 11.4. The van der Waals surface area contributed by atoms with Crippen LogP contribution in [-0.2, 0) is 9.47 Å². The lowest BCUT2D eigenvalue weighted by Gasteiger charge is -2.16. The Balaban J connectivity index is 0.000000220. The van der Waals surface area contributed by atoms with Gasteiger partial charge in [-0.3, -0.25) is 0 Å². The number of phenols is 1. The van der Waals surface area contributed by atoms with Crippen LogP contribution < -0.4 is 4.74 Å². The monoisotopic (exact) mass is 656 g/mol. The number of esters is 2. The Kier molecular flexibility index (Phi) is 13.7. The van der Waals surface area contributed by atoms with Gasteiger partial charge < -0.3 is 19.3 Å². The number of ether oxygens (including phenoxy) is 3. The molecule has 2 aromatic rings. The summed E-state index contributed by atoms with van der Waals surface area (Å²) in [5.74, 6) is -0.802. The van der Waals surface area contributed by atoms with E-state index >= 15 is 0 Å². The van der Waals surface area contributed by atoms with Crippen molar-refractivity contribution in [1.29, 1.82) is 0 Å². The van der Waals surface area contributed by atoms with Gasteiger partial charge in [-0.15, -0.1) is 0 Å². The first kappa shape index (κ1) is 31.8. The van der Waals surface area contributed by atoms with Crippen LogP contribution in [0.4, 0.5) is 0 Å². The van der Waals surface area contributed by atoms with Crippen LogP contribution in [0.25, 0.3) is 0 Å². The molecule has 0 spiro atoms.